The van der Waals surface area contributed by atoms with Crippen LogP contribution in [0, 0.1) is 11.8 Å². The summed E-state index contributed by atoms with van der Waals surface area (Å²) in [7, 11) is 0. The minimum atomic E-state index is -1.20. The van der Waals surface area contributed by atoms with Crippen LogP contribution in [0.1, 0.15) is 89.0 Å². The smallest absolute Gasteiger partial charge is 0.290 e. The van der Waals surface area contributed by atoms with Crippen LogP contribution in [0.25, 0.3) is 10.9 Å². The summed E-state index contributed by atoms with van der Waals surface area (Å²) in [5.74, 6) is -3.00. The predicted molar refractivity (Wildman–Crippen MR) is 156 cm³/mol. The van der Waals surface area contributed by atoms with E-state index in [4.69, 9.17) is 0 Å². The molecule has 0 spiro atoms. The fraction of sp³-hybridized carbons (Fsp3) is 0.581. The molecule has 0 bridgehead atoms. The summed E-state index contributed by atoms with van der Waals surface area (Å²) in [5, 5.41) is 12.0. The summed E-state index contributed by atoms with van der Waals surface area (Å²) < 4.78 is 0. The Balaban J connectivity index is 1.54. The Labute approximate surface area is 241 Å². The number of ketones is 1. The first-order chi connectivity index (χ1) is 19.5. The third kappa shape index (κ3) is 8.41. The summed E-state index contributed by atoms with van der Waals surface area (Å²) in [5.41, 5.74) is 0.497. The minimum absolute atomic E-state index is 0.0140. The van der Waals surface area contributed by atoms with Gasteiger partial charge in [-0.3, -0.25) is 24.0 Å². The number of amides is 4. The molecule has 1 aliphatic carbocycles. The molecular formula is C31H43N5O5. The van der Waals surface area contributed by atoms with E-state index in [2.05, 4.69) is 26.3 Å². The largest absolute Gasteiger partial charge is 0.356 e. The van der Waals surface area contributed by atoms with Crippen molar-refractivity contribution in [2.75, 3.05) is 6.54 Å². The highest BCUT2D eigenvalue weighted by Gasteiger charge is 2.36. The third-order valence-corrected chi connectivity index (χ3v) is 7.96. The average Bonchev–Trinajstić information content (AvgIpc) is 3.37. The van der Waals surface area contributed by atoms with Gasteiger partial charge in [-0.05, 0) is 64.5 Å². The summed E-state index contributed by atoms with van der Waals surface area (Å²) in [4.78, 5) is 68.9. The molecule has 222 valence electrons. The van der Waals surface area contributed by atoms with E-state index < -0.39 is 47.0 Å². The molecule has 0 radical (unpaired) electrons. The zero-order valence-corrected chi connectivity index (χ0v) is 24.3. The summed E-state index contributed by atoms with van der Waals surface area (Å²) in [6.45, 7) is 5.86. The van der Waals surface area contributed by atoms with E-state index >= 15 is 0 Å². The van der Waals surface area contributed by atoms with Crippen molar-refractivity contribution in [3.63, 3.8) is 0 Å². The molecule has 1 aromatic heterocycles. The number of carbonyl (C=O) groups is 5. The Morgan fingerprint density at radius 2 is 1.66 bits per heavy atom. The van der Waals surface area contributed by atoms with Gasteiger partial charge in [-0.15, -0.1) is 0 Å². The number of fused-ring (bicyclic) bond motifs is 1. The lowest BCUT2D eigenvalue weighted by Crippen LogP contribution is -2.56. The highest BCUT2D eigenvalue weighted by atomic mass is 16.2. The number of hydrogen-bond donors (Lipinski definition) is 5. The lowest BCUT2D eigenvalue weighted by atomic mass is 9.84. The Bertz CT molecular complexity index is 1240. The SMILES string of the molecule is CC(C)(C)NC(=O)C(=O)[C@H](C[C@@H]1CCCNC1=O)NC(=O)[C@H](CC1CCCCC1)NC(=O)c1cc2ccccc2[nH]1. The van der Waals surface area contributed by atoms with Gasteiger partial charge in [0.15, 0.2) is 0 Å². The van der Waals surface area contributed by atoms with E-state index in [0.29, 0.717) is 25.1 Å². The van der Waals surface area contributed by atoms with Crippen molar-refractivity contribution in [3.8, 4) is 0 Å². The molecule has 41 heavy (non-hydrogen) atoms. The van der Waals surface area contributed by atoms with E-state index in [0.717, 1.165) is 49.4 Å². The van der Waals surface area contributed by atoms with E-state index in [1.54, 1.807) is 26.8 Å². The molecule has 1 saturated heterocycles. The van der Waals surface area contributed by atoms with Gasteiger partial charge in [-0.2, -0.15) is 0 Å². The van der Waals surface area contributed by atoms with Gasteiger partial charge in [-0.25, -0.2) is 0 Å². The maximum atomic E-state index is 13.8. The zero-order valence-electron chi connectivity index (χ0n) is 24.3. The lowest BCUT2D eigenvalue weighted by Gasteiger charge is -2.30. The van der Waals surface area contributed by atoms with Crippen LogP contribution in [-0.4, -0.2) is 58.6 Å². The molecular weight excluding hydrogens is 522 g/mol. The molecule has 2 aliphatic rings. The number of Topliss-reactive ketones (excluding diaryl/α,β-unsaturated/α-hetero) is 1. The van der Waals surface area contributed by atoms with E-state index in [1.165, 1.54) is 0 Å². The molecule has 4 rings (SSSR count). The molecule has 4 amide bonds. The molecule has 10 heteroatoms. The maximum Gasteiger partial charge on any atom is 0.290 e. The van der Waals surface area contributed by atoms with Gasteiger partial charge in [0, 0.05) is 28.9 Å². The maximum absolute atomic E-state index is 13.8. The van der Waals surface area contributed by atoms with Crippen LogP contribution in [0.15, 0.2) is 30.3 Å². The van der Waals surface area contributed by atoms with E-state index in [-0.39, 0.29) is 18.2 Å². The van der Waals surface area contributed by atoms with Gasteiger partial charge < -0.3 is 26.3 Å². The van der Waals surface area contributed by atoms with Crippen molar-refractivity contribution < 1.29 is 24.0 Å². The van der Waals surface area contributed by atoms with Crippen molar-refractivity contribution in [2.45, 2.75) is 96.2 Å². The monoisotopic (exact) mass is 565 g/mol. The quantitative estimate of drug-likeness (QED) is 0.281. The fourth-order valence-corrected chi connectivity index (χ4v) is 5.83. The van der Waals surface area contributed by atoms with Crippen molar-refractivity contribution in [3.05, 3.63) is 36.0 Å². The molecule has 2 aromatic rings. The first-order valence-electron chi connectivity index (χ1n) is 14.8. The number of piperidine rings is 1. The number of aromatic nitrogens is 1. The average molecular weight is 566 g/mol. The summed E-state index contributed by atoms with van der Waals surface area (Å²) in [6.07, 6.45) is 6.98. The number of H-pyrrole nitrogens is 1. The number of rotatable bonds is 10. The molecule has 3 atom stereocenters. The first-order valence-corrected chi connectivity index (χ1v) is 14.8. The molecule has 2 fully saturated rings. The van der Waals surface area contributed by atoms with Crippen molar-refractivity contribution in [1.82, 2.24) is 26.3 Å². The highest BCUT2D eigenvalue weighted by molar-refractivity contribution is 6.38. The van der Waals surface area contributed by atoms with E-state index in [1.807, 2.05) is 24.3 Å². The van der Waals surface area contributed by atoms with Crippen LogP contribution in [0.3, 0.4) is 0 Å². The number of carbonyl (C=O) groups excluding carboxylic acids is 5. The number of para-hydroxylation sites is 1. The topological polar surface area (TPSA) is 149 Å². The van der Waals surface area contributed by atoms with Crippen LogP contribution in [0.2, 0.25) is 0 Å². The number of benzene rings is 1. The lowest BCUT2D eigenvalue weighted by molar-refractivity contribution is -0.142. The Hall–Kier alpha value is -3.69. The van der Waals surface area contributed by atoms with Crippen molar-refractivity contribution in [1.29, 1.82) is 0 Å². The predicted octanol–water partition coefficient (Wildman–Crippen LogP) is 3.12. The molecule has 1 aliphatic heterocycles. The van der Waals surface area contributed by atoms with E-state index in [9.17, 15) is 24.0 Å². The van der Waals surface area contributed by atoms with Gasteiger partial charge >= 0.3 is 0 Å². The Morgan fingerprint density at radius 1 is 0.927 bits per heavy atom. The molecule has 1 aromatic carbocycles. The number of hydrogen-bond acceptors (Lipinski definition) is 5. The van der Waals surface area contributed by atoms with Gasteiger partial charge in [-0.1, -0.05) is 50.3 Å². The summed E-state index contributed by atoms with van der Waals surface area (Å²) in [6, 6.07) is 7.17. The second-order valence-corrected chi connectivity index (χ2v) is 12.5. The Kier molecular flexibility index (Phi) is 9.83. The molecule has 0 unspecified atom stereocenters. The standard InChI is InChI=1S/C31H43N5O5/c1-31(2,3)36-30(41)26(37)23(18-21-13-9-15-32-27(21)38)34-28(39)24(16-19-10-5-4-6-11-19)35-29(40)25-17-20-12-7-8-14-22(20)33-25/h7-8,12,14,17,19,21,23-24,33H,4-6,9-11,13,15-16,18H2,1-3H3,(H,32,38)(H,34,39)(H,35,40)(H,36,41)/t21-,23-,24-/m0/s1. The molecule has 1 saturated carbocycles. The highest BCUT2D eigenvalue weighted by Crippen LogP contribution is 2.28. The number of nitrogens with one attached hydrogen (secondary N) is 5. The van der Waals surface area contributed by atoms with Gasteiger partial charge in [0.25, 0.3) is 11.8 Å². The summed E-state index contributed by atoms with van der Waals surface area (Å²) >= 11 is 0. The zero-order chi connectivity index (χ0) is 29.6. The van der Waals surface area contributed by atoms with Crippen LogP contribution in [-0.2, 0) is 19.2 Å². The minimum Gasteiger partial charge on any atom is -0.356 e. The van der Waals surface area contributed by atoms with Crippen LogP contribution in [0.5, 0.6) is 0 Å². The van der Waals surface area contributed by atoms with Gasteiger partial charge in [0.1, 0.15) is 11.7 Å². The first kappa shape index (κ1) is 30.3. The molecule has 5 N–H and O–H groups in total. The van der Waals surface area contributed by atoms with Crippen LogP contribution < -0.4 is 21.3 Å². The van der Waals surface area contributed by atoms with Gasteiger partial charge in [0.05, 0.1) is 6.04 Å². The molecule has 10 nitrogen and oxygen atoms in total. The second kappa shape index (κ2) is 13.3. The van der Waals surface area contributed by atoms with Crippen molar-refractivity contribution in [2.24, 2.45) is 11.8 Å². The van der Waals surface area contributed by atoms with Crippen molar-refractivity contribution >= 4 is 40.3 Å². The second-order valence-electron chi connectivity index (χ2n) is 12.5. The van der Waals surface area contributed by atoms with Gasteiger partial charge in [0.2, 0.25) is 17.6 Å². The van der Waals surface area contributed by atoms with Crippen LogP contribution in [0.4, 0.5) is 0 Å². The fourth-order valence-electron chi connectivity index (χ4n) is 5.83. The normalized spacial score (nSPS) is 19.6. The Morgan fingerprint density at radius 3 is 2.34 bits per heavy atom. The number of aromatic amines is 1. The molecule has 2 heterocycles. The third-order valence-electron chi connectivity index (χ3n) is 7.96. The van der Waals surface area contributed by atoms with Crippen LogP contribution >= 0.6 is 0 Å².